The van der Waals surface area contributed by atoms with Crippen LogP contribution in [-0.2, 0) is 9.53 Å². The maximum absolute atomic E-state index is 13.0. The molecule has 27 heavy (non-hydrogen) atoms. The molecule has 0 radical (unpaired) electrons. The summed E-state index contributed by atoms with van der Waals surface area (Å²) >= 11 is 0. The highest BCUT2D eigenvalue weighted by atomic mass is 19.1. The van der Waals surface area contributed by atoms with E-state index in [1.165, 1.54) is 18.6 Å². The molecular weight excluding hydrogens is 343 g/mol. The van der Waals surface area contributed by atoms with Gasteiger partial charge in [0.2, 0.25) is 5.91 Å². The molecule has 4 nitrogen and oxygen atoms in total. The van der Waals surface area contributed by atoms with Crippen molar-refractivity contribution < 1.29 is 13.9 Å². The molecule has 148 valence electrons. The summed E-state index contributed by atoms with van der Waals surface area (Å²) in [6.07, 6.45) is 8.24. The van der Waals surface area contributed by atoms with E-state index in [-0.39, 0.29) is 17.1 Å². The van der Waals surface area contributed by atoms with Crippen molar-refractivity contribution >= 4 is 12.0 Å². The van der Waals surface area contributed by atoms with Gasteiger partial charge in [-0.2, -0.15) is 0 Å². The average Bonchev–Trinajstić information content (AvgIpc) is 3.22. The van der Waals surface area contributed by atoms with E-state index in [1.807, 2.05) is 13.0 Å². The van der Waals surface area contributed by atoms with Gasteiger partial charge >= 0.3 is 0 Å². The van der Waals surface area contributed by atoms with Crippen LogP contribution in [0.5, 0.6) is 0 Å². The minimum atomic E-state index is -0.279. The smallest absolute Gasteiger partial charge is 0.227 e. The molecule has 1 N–H and O–H groups in total. The first-order chi connectivity index (χ1) is 13.1. The second kappa shape index (κ2) is 8.98. The summed E-state index contributed by atoms with van der Waals surface area (Å²) in [6.45, 7) is 6.75. The molecule has 5 heteroatoms. The van der Waals surface area contributed by atoms with Gasteiger partial charge in [0.15, 0.2) is 0 Å². The van der Waals surface area contributed by atoms with Crippen molar-refractivity contribution in [3.05, 3.63) is 41.7 Å². The zero-order valence-electron chi connectivity index (χ0n) is 16.4. The highest BCUT2D eigenvalue weighted by molar-refractivity contribution is 5.84. The third kappa shape index (κ3) is 4.25. The first-order valence-electron chi connectivity index (χ1n) is 10.1. The lowest BCUT2D eigenvalue weighted by atomic mass is 9.71. The number of carbonyl (C=O) groups is 1. The number of halogens is 1. The first kappa shape index (κ1) is 20.0. The van der Waals surface area contributed by atoms with Gasteiger partial charge in [-0.25, -0.2) is 4.39 Å². The fourth-order valence-corrected chi connectivity index (χ4v) is 4.81. The van der Waals surface area contributed by atoms with Crippen LogP contribution < -0.4 is 5.32 Å². The Morgan fingerprint density at radius 2 is 2.11 bits per heavy atom. The Morgan fingerprint density at radius 3 is 2.81 bits per heavy atom. The molecule has 2 aliphatic heterocycles. The second-order valence-electron chi connectivity index (χ2n) is 7.56. The molecule has 2 bridgehead atoms. The van der Waals surface area contributed by atoms with Crippen molar-refractivity contribution in [3.8, 4) is 0 Å². The summed E-state index contributed by atoms with van der Waals surface area (Å²) in [7, 11) is 0. The summed E-state index contributed by atoms with van der Waals surface area (Å²) in [4.78, 5) is 15.5. The van der Waals surface area contributed by atoms with Crippen LogP contribution in [0.4, 0.5) is 4.39 Å². The number of amides is 1. The fourth-order valence-electron chi connectivity index (χ4n) is 4.81. The number of nitrogens with one attached hydrogen (secondary N) is 1. The molecule has 2 saturated heterocycles. The number of hydrogen-bond acceptors (Lipinski definition) is 3. The SMILES string of the molecule is CCOCCNC(=O)[C@]1(CC)C[C@@H]2CC[C@H]1N2CC=Cc1ccc(F)cc1. The Bertz CT molecular complexity index is 661. The Labute approximate surface area is 161 Å². The number of ether oxygens (including phenoxy) is 1. The van der Waals surface area contributed by atoms with Crippen LogP contribution in [0.2, 0.25) is 0 Å². The van der Waals surface area contributed by atoms with E-state index in [9.17, 15) is 9.18 Å². The van der Waals surface area contributed by atoms with E-state index in [0.717, 1.165) is 31.4 Å². The zero-order chi connectivity index (χ0) is 19.3. The van der Waals surface area contributed by atoms with Gasteiger partial charge in [0.25, 0.3) is 0 Å². The molecular formula is C22H31FN2O2. The molecule has 2 heterocycles. The molecule has 1 aromatic carbocycles. The Morgan fingerprint density at radius 1 is 1.33 bits per heavy atom. The molecule has 3 rings (SSSR count). The predicted octanol–water partition coefficient (Wildman–Crippen LogP) is 3.62. The Hall–Kier alpha value is -1.72. The fraction of sp³-hybridized carbons (Fsp3) is 0.591. The van der Waals surface area contributed by atoms with Gasteiger partial charge in [0.1, 0.15) is 5.82 Å². The molecule has 0 aliphatic carbocycles. The largest absolute Gasteiger partial charge is 0.380 e. The van der Waals surface area contributed by atoms with E-state index >= 15 is 0 Å². The standard InChI is InChI=1S/C22H31FN2O2/c1-3-22(21(26)24-13-15-27-4-2)16-19-11-12-20(22)25(19)14-5-6-17-7-9-18(23)10-8-17/h5-10,19-20H,3-4,11-16H2,1-2H3,(H,24,26)/t19-,20+,22+/m0/s1. The van der Waals surface area contributed by atoms with Crippen LogP contribution in [0.1, 0.15) is 45.1 Å². The van der Waals surface area contributed by atoms with Gasteiger partial charge in [-0.15, -0.1) is 0 Å². The number of carbonyl (C=O) groups excluding carboxylic acids is 1. The summed E-state index contributed by atoms with van der Waals surface area (Å²) in [6, 6.07) is 7.31. The molecule has 0 saturated carbocycles. The van der Waals surface area contributed by atoms with Gasteiger partial charge in [-0.05, 0) is 50.3 Å². The van der Waals surface area contributed by atoms with Crippen LogP contribution >= 0.6 is 0 Å². The number of nitrogens with zero attached hydrogens (tertiary/aromatic N) is 1. The van der Waals surface area contributed by atoms with Crippen molar-refractivity contribution in [2.75, 3.05) is 26.3 Å². The van der Waals surface area contributed by atoms with Gasteiger partial charge < -0.3 is 10.1 Å². The molecule has 0 spiro atoms. The number of benzene rings is 1. The van der Waals surface area contributed by atoms with E-state index in [2.05, 4.69) is 23.2 Å². The van der Waals surface area contributed by atoms with E-state index in [1.54, 1.807) is 12.1 Å². The van der Waals surface area contributed by atoms with E-state index in [0.29, 0.717) is 31.8 Å². The van der Waals surface area contributed by atoms with Crippen LogP contribution in [0.25, 0.3) is 6.08 Å². The molecule has 1 aromatic rings. The number of rotatable bonds is 9. The van der Waals surface area contributed by atoms with Crippen LogP contribution in [0, 0.1) is 11.2 Å². The predicted molar refractivity (Wildman–Crippen MR) is 106 cm³/mol. The summed E-state index contributed by atoms with van der Waals surface area (Å²) in [5.74, 6) is -0.0303. The molecule has 0 aromatic heterocycles. The van der Waals surface area contributed by atoms with Gasteiger partial charge in [-0.3, -0.25) is 9.69 Å². The lowest BCUT2D eigenvalue weighted by molar-refractivity contribution is -0.133. The van der Waals surface area contributed by atoms with Crippen molar-refractivity contribution in [2.45, 2.75) is 51.6 Å². The minimum absolute atomic E-state index is 0.185. The van der Waals surface area contributed by atoms with E-state index in [4.69, 9.17) is 4.74 Å². The minimum Gasteiger partial charge on any atom is -0.380 e. The maximum atomic E-state index is 13.0. The summed E-state index contributed by atoms with van der Waals surface area (Å²) in [5, 5.41) is 3.10. The lowest BCUT2D eigenvalue weighted by Crippen LogP contribution is -2.49. The molecule has 2 aliphatic rings. The molecule has 1 amide bonds. The molecule has 0 unspecified atom stereocenters. The topological polar surface area (TPSA) is 41.6 Å². The summed E-state index contributed by atoms with van der Waals surface area (Å²) in [5.41, 5.74) is 0.720. The first-order valence-corrected chi connectivity index (χ1v) is 10.1. The van der Waals surface area contributed by atoms with Crippen molar-refractivity contribution in [1.82, 2.24) is 10.2 Å². The van der Waals surface area contributed by atoms with Crippen molar-refractivity contribution in [1.29, 1.82) is 0 Å². The monoisotopic (exact) mass is 374 g/mol. The highest BCUT2D eigenvalue weighted by Gasteiger charge is 2.58. The average molecular weight is 374 g/mol. The molecule has 3 atom stereocenters. The number of hydrogen-bond donors (Lipinski definition) is 1. The second-order valence-corrected chi connectivity index (χ2v) is 7.56. The van der Waals surface area contributed by atoms with Crippen LogP contribution in [0.15, 0.2) is 30.3 Å². The number of fused-ring (bicyclic) bond motifs is 2. The Balaban J connectivity index is 1.61. The van der Waals surface area contributed by atoms with Crippen LogP contribution in [0.3, 0.4) is 0 Å². The van der Waals surface area contributed by atoms with Gasteiger partial charge in [0.05, 0.1) is 12.0 Å². The Kier molecular flexibility index (Phi) is 6.66. The third-order valence-corrected chi connectivity index (χ3v) is 6.20. The normalized spacial score (nSPS) is 27.5. The lowest BCUT2D eigenvalue weighted by Gasteiger charge is -2.35. The zero-order valence-corrected chi connectivity index (χ0v) is 16.4. The maximum Gasteiger partial charge on any atom is 0.227 e. The third-order valence-electron chi connectivity index (χ3n) is 6.20. The summed E-state index contributed by atoms with van der Waals surface area (Å²) < 4.78 is 18.4. The van der Waals surface area contributed by atoms with Crippen molar-refractivity contribution in [3.63, 3.8) is 0 Å². The highest BCUT2D eigenvalue weighted by Crippen LogP contribution is 2.51. The van der Waals surface area contributed by atoms with E-state index < -0.39 is 0 Å². The quantitative estimate of drug-likeness (QED) is 0.671. The molecule has 2 fully saturated rings. The van der Waals surface area contributed by atoms with Gasteiger partial charge in [-0.1, -0.05) is 31.2 Å². The van der Waals surface area contributed by atoms with Gasteiger partial charge in [0, 0.05) is 31.8 Å². The van der Waals surface area contributed by atoms with Crippen molar-refractivity contribution in [2.24, 2.45) is 5.41 Å². The van der Waals surface area contributed by atoms with Crippen LogP contribution in [-0.4, -0.2) is 49.2 Å².